The van der Waals surface area contributed by atoms with Crippen molar-refractivity contribution in [1.29, 1.82) is 0 Å². The number of hydrogen-bond acceptors (Lipinski definition) is 6. The first-order chi connectivity index (χ1) is 19.8. The number of halogens is 1. The van der Waals surface area contributed by atoms with Crippen molar-refractivity contribution in [2.24, 2.45) is 17.3 Å². The molecule has 1 fully saturated rings. The van der Waals surface area contributed by atoms with E-state index in [4.69, 9.17) is 25.8 Å². The molecule has 8 nitrogen and oxygen atoms in total. The van der Waals surface area contributed by atoms with E-state index in [1.165, 1.54) is 57.8 Å². The molecule has 0 unspecified atom stereocenters. The lowest BCUT2D eigenvalue weighted by Gasteiger charge is -2.24. The van der Waals surface area contributed by atoms with Crippen LogP contribution in [0.4, 0.5) is 4.79 Å². The largest absolute Gasteiger partial charge is 0.477 e. The molecule has 2 atom stereocenters. The lowest BCUT2D eigenvalue weighted by Crippen LogP contribution is -2.35. The zero-order valence-electron chi connectivity index (χ0n) is 27.2. The van der Waals surface area contributed by atoms with Crippen LogP contribution in [0.3, 0.4) is 0 Å². The van der Waals surface area contributed by atoms with Gasteiger partial charge in [-0.15, -0.1) is 0 Å². The highest BCUT2D eigenvalue weighted by Crippen LogP contribution is 2.29. The van der Waals surface area contributed by atoms with Crippen LogP contribution >= 0.6 is 11.6 Å². The number of fused-ring (bicyclic) bond motifs is 1. The second kappa shape index (κ2) is 16.1. The van der Waals surface area contributed by atoms with Crippen LogP contribution in [0.1, 0.15) is 113 Å². The van der Waals surface area contributed by atoms with Crippen LogP contribution in [0, 0.1) is 17.3 Å². The quantitative estimate of drug-likeness (QED) is 0.140. The Hall–Kier alpha value is -2.06. The molecule has 42 heavy (non-hydrogen) atoms. The molecule has 1 saturated heterocycles. The zero-order valence-corrected chi connectivity index (χ0v) is 28.0. The van der Waals surface area contributed by atoms with Crippen molar-refractivity contribution >= 4 is 28.7 Å². The van der Waals surface area contributed by atoms with E-state index in [0.29, 0.717) is 43.4 Å². The van der Waals surface area contributed by atoms with Crippen LogP contribution in [-0.2, 0) is 16.2 Å². The Morgan fingerprint density at radius 2 is 1.60 bits per heavy atom. The van der Waals surface area contributed by atoms with Gasteiger partial charge in [-0.3, -0.25) is 0 Å². The summed E-state index contributed by atoms with van der Waals surface area (Å²) in [6.45, 7) is 17.6. The predicted molar refractivity (Wildman–Crippen MR) is 170 cm³/mol. The lowest BCUT2D eigenvalue weighted by atomic mass is 9.89. The highest BCUT2D eigenvalue weighted by atomic mass is 35.5. The molecule has 3 heterocycles. The van der Waals surface area contributed by atoms with Crippen molar-refractivity contribution in [3.05, 3.63) is 17.5 Å². The Morgan fingerprint density at radius 1 is 0.952 bits per heavy atom. The van der Waals surface area contributed by atoms with E-state index in [1.54, 1.807) is 4.90 Å². The first kappa shape index (κ1) is 34.4. The van der Waals surface area contributed by atoms with Crippen molar-refractivity contribution in [2.75, 3.05) is 26.3 Å². The van der Waals surface area contributed by atoms with Crippen LogP contribution in [0.15, 0.2) is 12.3 Å². The van der Waals surface area contributed by atoms with Crippen molar-refractivity contribution in [3.8, 4) is 5.88 Å². The summed E-state index contributed by atoms with van der Waals surface area (Å²) in [7, 11) is 0. The molecule has 2 aromatic rings. The van der Waals surface area contributed by atoms with Gasteiger partial charge >= 0.3 is 6.09 Å². The number of carbonyl (C=O) groups is 1. The van der Waals surface area contributed by atoms with Crippen molar-refractivity contribution < 1.29 is 19.0 Å². The predicted octanol–water partition coefficient (Wildman–Crippen LogP) is 8.89. The zero-order chi connectivity index (χ0) is 30.8. The Kier molecular flexibility index (Phi) is 13.2. The minimum atomic E-state index is -0.514. The van der Waals surface area contributed by atoms with E-state index in [-0.39, 0.29) is 23.2 Å². The molecule has 0 saturated carbocycles. The van der Waals surface area contributed by atoms with E-state index in [1.807, 2.05) is 37.6 Å². The van der Waals surface area contributed by atoms with Crippen LogP contribution in [0.5, 0.6) is 5.88 Å². The van der Waals surface area contributed by atoms with E-state index in [2.05, 4.69) is 37.7 Å². The number of nitrogens with zero attached hydrogens (tertiary/aromatic N) is 4. The fourth-order valence-electron chi connectivity index (χ4n) is 5.40. The fourth-order valence-corrected chi connectivity index (χ4v) is 5.56. The molecule has 1 aliphatic heterocycles. The maximum atomic E-state index is 12.5. The molecule has 0 aromatic carbocycles. The Labute approximate surface area is 258 Å². The minimum absolute atomic E-state index is 0.140. The van der Waals surface area contributed by atoms with Gasteiger partial charge in [-0.1, -0.05) is 79.1 Å². The molecule has 2 aromatic heterocycles. The van der Waals surface area contributed by atoms with Crippen molar-refractivity contribution in [1.82, 2.24) is 19.4 Å². The van der Waals surface area contributed by atoms with Crippen LogP contribution < -0.4 is 4.74 Å². The number of likely N-dealkylation sites (tertiary alicyclic amines) is 1. The maximum Gasteiger partial charge on any atom is 0.410 e. The van der Waals surface area contributed by atoms with E-state index in [0.717, 1.165) is 18.4 Å². The number of hydrogen-bond donors (Lipinski definition) is 0. The summed E-state index contributed by atoms with van der Waals surface area (Å²) in [4.78, 5) is 23.1. The van der Waals surface area contributed by atoms with Crippen molar-refractivity contribution in [2.45, 2.75) is 125 Å². The van der Waals surface area contributed by atoms with E-state index < -0.39 is 5.60 Å². The maximum absolute atomic E-state index is 12.5. The van der Waals surface area contributed by atoms with Crippen molar-refractivity contribution in [3.63, 3.8) is 0 Å². The fraction of sp³-hybridized carbons (Fsp3) is 0.788. The molecular weight excluding hydrogens is 552 g/mol. The third kappa shape index (κ3) is 11.9. The minimum Gasteiger partial charge on any atom is -0.477 e. The molecular formula is C33H55ClN4O4. The average Bonchev–Trinajstić information content (AvgIpc) is 3.46. The number of ether oxygens (including phenoxy) is 3. The highest BCUT2D eigenvalue weighted by molar-refractivity contribution is 6.28. The average molecular weight is 607 g/mol. The van der Waals surface area contributed by atoms with Gasteiger partial charge in [0, 0.05) is 31.8 Å². The molecule has 1 amide bonds. The van der Waals surface area contributed by atoms with Gasteiger partial charge in [-0.25, -0.2) is 4.79 Å². The summed E-state index contributed by atoms with van der Waals surface area (Å²) in [5, 5.41) is 0.942. The topological polar surface area (TPSA) is 78.7 Å². The number of amides is 1. The molecule has 0 bridgehead atoms. The van der Waals surface area contributed by atoms with Gasteiger partial charge in [0.2, 0.25) is 11.2 Å². The third-order valence-corrected chi connectivity index (χ3v) is 8.03. The van der Waals surface area contributed by atoms with Gasteiger partial charge < -0.3 is 23.7 Å². The molecule has 9 heteroatoms. The first-order valence-electron chi connectivity index (χ1n) is 16.0. The van der Waals surface area contributed by atoms with Gasteiger partial charge in [-0.2, -0.15) is 9.97 Å². The van der Waals surface area contributed by atoms with Crippen LogP contribution in [0.25, 0.3) is 11.0 Å². The second-order valence-corrected chi connectivity index (χ2v) is 14.6. The molecule has 238 valence electrons. The van der Waals surface area contributed by atoms with Crippen LogP contribution in [-0.4, -0.2) is 57.4 Å². The Balaban J connectivity index is 1.35. The lowest BCUT2D eigenvalue weighted by molar-refractivity contribution is 0.0282. The number of aromatic nitrogens is 3. The summed E-state index contributed by atoms with van der Waals surface area (Å²) in [6.07, 6.45) is 14.7. The summed E-state index contributed by atoms with van der Waals surface area (Å²) < 4.78 is 19.6. The normalized spacial score (nSPS) is 17.8. The van der Waals surface area contributed by atoms with Gasteiger partial charge in [0.15, 0.2) is 5.65 Å². The van der Waals surface area contributed by atoms with E-state index in [9.17, 15) is 4.79 Å². The molecule has 0 aliphatic carbocycles. The summed E-state index contributed by atoms with van der Waals surface area (Å²) in [6, 6.07) is 1.94. The summed E-state index contributed by atoms with van der Waals surface area (Å²) in [5.41, 5.74) is 0.654. The summed E-state index contributed by atoms with van der Waals surface area (Å²) >= 11 is 6.27. The van der Waals surface area contributed by atoms with Gasteiger partial charge in [0.1, 0.15) is 12.3 Å². The van der Waals surface area contributed by atoms with Gasteiger partial charge in [0.25, 0.3) is 0 Å². The third-order valence-electron chi connectivity index (χ3n) is 7.86. The molecule has 0 radical (unpaired) electrons. The highest BCUT2D eigenvalue weighted by Gasteiger charge is 2.35. The molecule has 0 N–H and O–H groups in total. The standard InChI is InChI=1S/C33H55ClN4O4/c1-25-21-38(31(39)42-33(5,6)7)22-26(25)23-41-29-27-17-19-37(28(27)35-30(34)36-29)24-40-20-16-14-12-10-8-9-11-13-15-18-32(2,3)4/h17,19,25-26H,8-16,18,20-24H2,1-7H3/t25-,26+/m1/s1. The molecule has 0 spiro atoms. The number of rotatable bonds is 16. The van der Waals surface area contributed by atoms with Gasteiger partial charge in [0.05, 0.1) is 12.0 Å². The molecule has 1 aliphatic rings. The summed E-state index contributed by atoms with van der Waals surface area (Å²) in [5.74, 6) is 0.915. The Morgan fingerprint density at radius 3 is 2.24 bits per heavy atom. The Bertz CT molecular complexity index is 1110. The van der Waals surface area contributed by atoms with Crippen LogP contribution in [0.2, 0.25) is 5.28 Å². The second-order valence-electron chi connectivity index (χ2n) is 14.3. The molecule has 3 rings (SSSR count). The number of unbranched alkanes of at least 4 members (excludes halogenated alkanes) is 8. The SMILES string of the molecule is C[C@@H]1CN(C(=O)OC(C)(C)C)C[C@H]1COc1nc(Cl)nc2c1ccn2COCCCCCCCCCCCC(C)(C)C. The number of carbonyl (C=O) groups excluding carboxylic acids is 1. The van der Waals surface area contributed by atoms with E-state index >= 15 is 0 Å². The van der Waals surface area contributed by atoms with Gasteiger partial charge in [-0.05, 0) is 62.6 Å². The monoisotopic (exact) mass is 606 g/mol. The smallest absolute Gasteiger partial charge is 0.410 e. The first-order valence-corrected chi connectivity index (χ1v) is 16.4.